The van der Waals surface area contributed by atoms with Gasteiger partial charge < -0.3 is 5.32 Å². The van der Waals surface area contributed by atoms with E-state index in [9.17, 15) is 4.79 Å². The summed E-state index contributed by atoms with van der Waals surface area (Å²) in [4.78, 5) is 11.1. The molecule has 1 fully saturated rings. The molecule has 1 unspecified atom stereocenters. The van der Waals surface area contributed by atoms with E-state index in [0.29, 0.717) is 11.0 Å². The Kier molecular flexibility index (Phi) is 3.22. The maximum Gasteiger partial charge on any atom is 0.244 e. The van der Waals surface area contributed by atoms with Crippen LogP contribution in [0.25, 0.3) is 0 Å². The second-order valence-corrected chi connectivity index (χ2v) is 4.04. The van der Waals surface area contributed by atoms with Crippen LogP contribution in [0.5, 0.6) is 0 Å². The van der Waals surface area contributed by atoms with Crippen LogP contribution >= 0.6 is 12.2 Å². The number of rotatable bonds is 2. The van der Waals surface area contributed by atoms with Gasteiger partial charge >= 0.3 is 0 Å². The number of nitrogens with one attached hydrogen (secondary N) is 2. The first-order valence-electron chi connectivity index (χ1n) is 4.39. The first-order chi connectivity index (χ1) is 6.00. The molecule has 2 N–H and O–H groups in total. The van der Waals surface area contributed by atoms with E-state index < -0.39 is 0 Å². The molecule has 1 rings (SSSR count). The minimum Gasteiger partial charge on any atom is -0.301 e. The van der Waals surface area contributed by atoms with Crippen molar-refractivity contribution in [2.75, 3.05) is 6.54 Å². The molecule has 0 spiro atoms. The smallest absolute Gasteiger partial charge is 0.244 e. The highest BCUT2D eigenvalue weighted by Crippen LogP contribution is 2.01. The van der Waals surface area contributed by atoms with Crippen molar-refractivity contribution in [2.24, 2.45) is 5.92 Å². The van der Waals surface area contributed by atoms with E-state index in [4.69, 9.17) is 12.2 Å². The zero-order valence-corrected chi connectivity index (χ0v) is 8.94. The molecule has 1 heterocycles. The van der Waals surface area contributed by atoms with E-state index in [0.717, 1.165) is 6.54 Å². The first-order valence-corrected chi connectivity index (χ1v) is 4.80. The lowest BCUT2D eigenvalue weighted by Crippen LogP contribution is -2.63. The van der Waals surface area contributed by atoms with Gasteiger partial charge in [-0.15, -0.1) is 0 Å². The van der Waals surface area contributed by atoms with Crippen LogP contribution in [0.15, 0.2) is 0 Å². The average Bonchev–Trinajstić information content (AvgIpc) is 1.99. The molecule has 1 saturated heterocycles. The zero-order chi connectivity index (χ0) is 10.0. The number of thiocarbonyl (C=S) groups is 1. The summed E-state index contributed by atoms with van der Waals surface area (Å²) >= 11 is 5.01. The molecular weight excluding hydrogens is 186 g/mol. The third-order valence-corrected chi connectivity index (χ3v) is 2.09. The first kappa shape index (κ1) is 10.4. The van der Waals surface area contributed by atoms with Crippen LogP contribution in [0.3, 0.4) is 0 Å². The van der Waals surface area contributed by atoms with Crippen LogP contribution in [0.4, 0.5) is 0 Å². The molecule has 0 radical (unpaired) electrons. The molecule has 5 heteroatoms. The Morgan fingerprint density at radius 1 is 1.62 bits per heavy atom. The van der Waals surface area contributed by atoms with Gasteiger partial charge in [-0.3, -0.25) is 9.80 Å². The normalized spacial score (nSPS) is 23.7. The Hall–Kier alpha value is -0.680. The standard InChI is InChI=1S/C8H15N3OS/c1-5(2)4-11-8(13)9-7(12)6(3)10-11/h5-6,10H,4H2,1-3H3,(H,9,12,13). The topological polar surface area (TPSA) is 44.4 Å². The van der Waals surface area contributed by atoms with Crippen LogP contribution in [-0.2, 0) is 4.79 Å². The van der Waals surface area contributed by atoms with E-state index in [1.54, 1.807) is 0 Å². The van der Waals surface area contributed by atoms with Gasteiger partial charge in [-0.2, -0.15) is 0 Å². The van der Waals surface area contributed by atoms with E-state index in [2.05, 4.69) is 24.6 Å². The van der Waals surface area contributed by atoms with E-state index in [1.807, 2.05) is 11.9 Å². The highest BCUT2D eigenvalue weighted by molar-refractivity contribution is 7.80. The second-order valence-electron chi connectivity index (χ2n) is 3.65. The fourth-order valence-electron chi connectivity index (χ4n) is 1.13. The number of carbonyl (C=O) groups is 1. The second kappa shape index (κ2) is 4.02. The average molecular weight is 201 g/mol. The van der Waals surface area contributed by atoms with Crippen molar-refractivity contribution in [1.29, 1.82) is 0 Å². The number of hydrazine groups is 1. The Bertz CT molecular complexity index is 229. The number of nitrogens with zero attached hydrogens (tertiary/aromatic N) is 1. The van der Waals surface area contributed by atoms with Crippen molar-refractivity contribution in [3.05, 3.63) is 0 Å². The summed E-state index contributed by atoms with van der Waals surface area (Å²) in [6, 6.07) is -0.203. The summed E-state index contributed by atoms with van der Waals surface area (Å²) in [5, 5.41) is 4.92. The van der Waals surface area contributed by atoms with Gasteiger partial charge in [0.15, 0.2) is 5.11 Å². The molecule has 0 aromatic carbocycles. The van der Waals surface area contributed by atoms with Gasteiger partial charge in [0.2, 0.25) is 5.91 Å². The molecule has 0 bridgehead atoms. The van der Waals surface area contributed by atoms with Crippen LogP contribution in [0, 0.1) is 5.92 Å². The third kappa shape index (κ3) is 2.63. The fourth-order valence-corrected chi connectivity index (χ4v) is 1.36. The quantitative estimate of drug-likeness (QED) is 0.629. The van der Waals surface area contributed by atoms with Crippen molar-refractivity contribution in [2.45, 2.75) is 26.8 Å². The monoisotopic (exact) mass is 201 g/mol. The minimum atomic E-state index is -0.203. The molecule has 1 amide bonds. The Labute approximate surface area is 83.6 Å². The van der Waals surface area contributed by atoms with E-state index >= 15 is 0 Å². The maximum atomic E-state index is 11.1. The zero-order valence-electron chi connectivity index (χ0n) is 8.13. The number of amides is 1. The molecule has 0 aromatic rings. The van der Waals surface area contributed by atoms with Gasteiger partial charge in [-0.25, -0.2) is 5.43 Å². The predicted molar refractivity (Wildman–Crippen MR) is 54.9 cm³/mol. The molecule has 0 aromatic heterocycles. The fraction of sp³-hybridized carbons (Fsp3) is 0.750. The van der Waals surface area contributed by atoms with Crippen molar-refractivity contribution in [3.63, 3.8) is 0 Å². The van der Waals surface area contributed by atoms with Crippen molar-refractivity contribution in [1.82, 2.24) is 15.8 Å². The molecule has 74 valence electrons. The number of hydrogen-bond acceptors (Lipinski definition) is 3. The van der Waals surface area contributed by atoms with Crippen LogP contribution in [0.1, 0.15) is 20.8 Å². The molecule has 1 atom stereocenters. The van der Waals surface area contributed by atoms with Gasteiger partial charge in [-0.05, 0) is 25.1 Å². The van der Waals surface area contributed by atoms with Gasteiger partial charge in [0.1, 0.15) is 6.04 Å². The summed E-state index contributed by atoms with van der Waals surface area (Å²) in [5.74, 6) is 0.442. The molecular formula is C8H15N3OS. The molecule has 0 saturated carbocycles. The van der Waals surface area contributed by atoms with Gasteiger partial charge in [-0.1, -0.05) is 13.8 Å². The number of carbonyl (C=O) groups excluding carboxylic acids is 1. The van der Waals surface area contributed by atoms with Crippen molar-refractivity contribution in [3.8, 4) is 0 Å². The highest BCUT2D eigenvalue weighted by Gasteiger charge is 2.25. The molecule has 4 nitrogen and oxygen atoms in total. The predicted octanol–water partition coefficient (Wildman–Crippen LogP) is 0.252. The van der Waals surface area contributed by atoms with Crippen LogP contribution in [0.2, 0.25) is 0 Å². The van der Waals surface area contributed by atoms with E-state index in [-0.39, 0.29) is 11.9 Å². The Morgan fingerprint density at radius 2 is 2.23 bits per heavy atom. The van der Waals surface area contributed by atoms with E-state index in [1.165, 1.54) is 0 Å². The summed E-state index contributed by atoms with van der Waals surface area (Å²) in [7, 11) is 0. The number of hydrogen-bond donors (Lipinski definition) is 2. The summed E-state index contributed by atoms with van der Waals surface area (Å²) in [5.41, 5.74) is 3.03. The SMILES string of the molecule is CC(C)CN1NC(C)C(=O)NC1=S. The van der Waals surface area contributed by atoms with Gasteiger partial charge in [0.25, 0.3) is 0 Å². The molecule has 13 heavy (non-hydrogen) atoms. The van der Waals surface area contributed by atoms with Gasteiger partial charge in [0.05, 0.1) is 0 Å². The summed E-state index contributed by atoms with van der Waals surface area (Å²) in [6.45, 7) is 6.82. The minimum absolute atomic E-state index is 0.0648. The molecule has 0 aliphatic carbocycles. The molecule has 1 aliphatic heterocycles. The summed E-state index contributed by atoms with van der Waals surface area (Å²) < 4.78 is 0. The van der Waals surface area contributed by atoms with Crippen molar-refractivity contribution < 1.29 is 4.79 Å². The highest BCUT2D eigenvalue weighted by atomic mass is 32.1. The van der Waals surface area contributed by atoms with Gasteiger partial charge in [0, 0.05) is 6.54 Å². The van der Waals surface area contributed by atoms with Crippen LogP contribution < -0.4 is 10.7 Å². The van der Waals surface area contributed by atoms with Crippen molar-refractivity contribution >= 4 is 23.2 Å². The lowest BCUT2D eigenvalue weighted by molar-refractivity contribution is -0.123. The molecule has 1 aliphatic rings. The largest absolute Gasteiger partial charge is 0.301 e. The Morgan fingerprint density at radius 3 is 2.77 bits per heavy atom. The lowest BCUT2D eigenvalue weighted by Gasteiger charge is -2.34. The Balaban J connectivity index is 2.56. The maximum absolute atomic E-state index is 11.1. The lowest BCUT2D eigenvalue weighted by atomic mass is 10.2. The van der Waals surface area contributed by atoms with Crippen LogP contribution in [-0.4, -0.2) is 28.6 Å². The summed E-state index contributed by atoms with van der Waals surface area (Å²) in [6.07, 6.45) is 0. The third-order valence-electron chi connectivity index (χ3n) is 1.77.